The lowest BCUT2D eigenvalue weighted by Gasteiger charge is -2.44. The minimum Gasteiger partial charge on any atom is -0.478 e. The molecule has 192 valence electrons. The molecule has 1 amide bonds. The van der Waals surface area contributed by atoms with E-state index in [0.717, 1.165) is 49.7 Å². The third-order valence-corrected chi connectivity index (χ3v) is 8.18. The maximum Gasteiger partial charge on any atom is 0.335 e. The van der Waals surface area contributed by atoms with Crippen LogP contribution in [0.1, 0.15) is 86.8 Å². The summed E-state index contributed by atoms with van der Waals surface area (Å²) in [5.74, 6) is -0.0212. The Kier molecular flexibility index (Phi) is 7.89. The molecule has 5 nitrogen and oxygen atoms in total. The van der Waals surface area contributed by atoms with Crippen LogP contribution in [0, 0.1) is 17.3 Å². The molecular weight excluding hydrogens is 472 g/mol. The van der Waals surface area contributed by atoms with Crippen molar-refractivity contribution in [2.75, 3.05) is 7.05 Å². The lowest BCUT2D eigenvalue weighted by atomic mass is 9.71. The summed E-state index contributed by atoms with van der Waals surface area (Å²) in [7, 11) is 1.66. The Morgan fingerprint density at radius 1 is 0.972 bits per heavy atom. The Bertz CT molecular complexity index is 1120. The number of aromatic carboxylic acids is 1. The van der Waals surface area contributed by atoms with Crippen LogP contribution in [0.4, 0.5) is 0 Å². The monoisotopic (exact) mass is 508 g/mol. The fourth-order valence-electron chi connectivity index (χ4n) is 5.74. The van der Waals surface area contributed by atoms with Gasteiger partial charge in [0.1, 0.15) is 5.71 Å². The molecule has 1 unspecified atom stereocenters. The summed E-state index contributed by atoms with van der Waals surface area (Å²) >= 11 is 6.27. The molecule has 0 aliphatic heterocycles. The summed E-state index contributed by atoms with van der Waals surface area (Å²) in [6.45, 7) is 6.91. The number of carboxylic acid groups (broad SMARTS) is 1. The first-order valence-electron chi connectivity index (χ1n) is 13.0. The van der Waals surface area contributed by atoms with E-state index in [4.69, 9.17) is 11.6 Å². The fourth-order valence-corrected chi connectivity index (χ4v) is 5.93. The van der Waals surface area contributed by atoms with Gasteiger partial charge in [-0.1, -0.05) is 56.6 Å². The zero-order chi connectivity index (χ0) is 26.0. The molecule has 1 atom stereocenters. The van der Waals surface area contributed by atoms with Crippen molar-refractivity contribution in [1.29, 1.82) is 0 Å². The molecule has 36 heavy (non-hydrogen) atoms. The van der Waals surface area contributed by atoms with Gasteiger partial charge in [0.05, 0.1) is 11.6 Å². The van der Waals surface area contributed by atoms with Gasteiger partial charge in [0.2, 0.25) is 0 Å². The summed E-state index contributed by atoms with van der Waals surface area (Å²) in [5, 5.41) is 9.96. The van der Waals surface area contributed by atoms with E-state index >= 15 is 0 Å². The number of hydrogen-bond donors (Lipinski definition) is 1. The number of carbonyl (C=O) groups excluding carboxylic acids is 1. The molecule has 2 aromatic rings. The van der Waals surface area contributed by atoms with Crippen molar-refractivity contribution >= 4 is 29.2 Å². The predicted octanol–water partition coefficient (Wildman–Crippen LogP) is 7.04. The number of halogens is 1. The molecule has 6 heteroatoms. The molecule has 0 heterocycles. The highest BCUT2D eigenvalue weighted by Crippen LogP contribution is 2.48. The molecule has 1 N–H and O–H groups in total. The van der Waals surface area contributed by atoms with Crippen molar-refractivity contribution in [2.24, 2.45) is 22.2 Å². The zero-order valence-corrected chi connectivity index (χ0v) is 22.5. The molecular formula is C30H37ClN2O3. The molecule has 2 aliphatic carbocycles. The molecule has 0 aromatic heterocycles. The van der Waals surface area contributed by atoms with Crippen molar-refractivity contribution in [3.63, 3.8) is 0 Å². The van der Waals surface area contributed by atoms with Crippen LogP contribution in [0.15, 0.2) is 53.5 Å². The van der Waals surface area contributed by atoms with Gasteiger partial charge in [-0.05, 0) is 85.6 Å². The van der Waals surface area contributed by atoms with Crippen LogP contribution in [0.3, 0.4) is 0 Å². The third kappa shape index (κ3) is 5.83. The Morgan fingerprint density at radius 2 is 1.61 bits per heavy atom. The average Bonchev–Trinajstić information content (AvgIpc) is 3.68. The number of nitrogens with zero attached hydrogens (tertiary/aromatic N) is 2. The molecule has 2 aliphatic rings. The van der Waals surface area contributed by atoms with Gasteiger partial charge in [-0.2, -0.15) is 0 Å². The molecule has 4 rings (SSSR count). The second-order valence-corrected chi connectivity index (χ2v) is 11.8. The quantitative estimate of drug-likeness (QED) is 0.407. The standard InChI is InChI=1S/C30H37ClN2O3/c1-30(2,3)23-14-16-25(17-15-23)33(28(34)26(32-4)22-6-5-7-24(31)18-22)27(19-8-9-19)20-10-12-21(13-11-20)29(35)36/h5-7,10-13,18-19,23,25,27H,8-9,14-17H2,1-4H3,(H,35,36)/b32-26-. The van der Waals surface area contributed by atoms with Gasteiger partial charge in [0, 0.05) is 23.7 Å². The largest absolute Gasteiger partial charge is 0.478 e. The van der Waals surface area contributed by atoms with Gasteiger partial charge >= 0.3 is 5.97 Å². The summed E-state index contributed by atoms with van der Waals surface area (Å²) in [5.41, 5.74) is 2.64. The zero-order valence-electron chi connectivity index (χ0n) is 21.7. The molecule has 0 bridgehead atoms. The first kappa shape index (κ1) is 26.4. The van der Waals surface area contributed by atoms with Gasteiger partial charge in [0.15, 0.2) is 0 Å². The number of carbonyl (C=O) groups is 2. The summed E-state index contributed by atoms with van der Waals surface area (Å²) < 4.78 is 0. The molecule has 0 saturated heterocycles. The minimum atomic E-state index is -0.945. The second kappa shape index (κ2) is 10.8. The number of carboxylic acids is 1. The van der Waals surface area contributed by atoms with Crippen molar-refractivity contribution in [3.05, 3.63) is 70.2 Å². The fraction of sp³-hybridized carbons (Fsp3) is 0.500. The molecule has 2 aromatic carbocycles. The predicted molar refractivity (Wildman–Crippen MR) is 145 cm³/mol. The molecule has 2 saturated carbocycles. The topological polar surface area (TPSA) is 70.0 Å². The number of hydrogen-bond acceptors (Lipinski definition) is 3. The van der Waals surface area contributed by atoms with E-state index in [2.05, 4.69) is 30.7 Å². The smallest absolute Gasteiger partial charge is 0.335 e. The van der Waals surface area contributed by atoms with Gasteiger partial charge in [-0.15, -0.1) is 0 Å². The Balaban J connectivity index is 1.73. The van der Waals surface area contributed by atoms with Crippen molar-refractivity contribution in [3.8, 4) is 0 Å². The molecule has 2 fully saturated rings. The van der Waals surface area contributed by atoms with Gasteiger partial charge in [-0.3, -0.25) is 9.79 Å². The van der Waals surface area contributed by atoms with Crippen LogP contribution in [-0.4, -0.2) is 40.7 Å². The van der Waals surface area contributed by atoms with E-state index in [0.29, 0.717) is 22.6 Å². The maximum atomic E-state index is 14.3. The highest BCUT2D eigenvalue weighted by Gasteiger charge is 2.44. The highest BCUT2D eigenvalue weighted by molar-refractivity contribution is 6.45. The molecule has 0 spiro atoms. The van der Waals surface area contributed by atoms with E-state index in [-0.39, 0.29) is 29.0 Å². The van der Waals surface area contributed by atoms with Gasteiger partial charge < -0.3 is 10.0 Å². The van der Waals surface area contributed by atoms with Crippen LogP contribution in [0.25, 0.3) is 0 Å². The van der Waals surface area contributed by atoms with Crippen LogP contribution in [0.2, 0.25) is 5.02 Å². The van der Waals surface area contributed by atoms with E-state index < -0.39 is 5.97 Å². The highest BCUT2D eigenvalue weighted by atomic mass is 35.5. The van der Waals surface area contributed by atoms with Crippen LogP contribution in [0.5, 0.6) is 0 Å². The minimum absolute atomic E-state index is 0.0711. The maximum absolute atomic E-state index is 14.3. The summed E-state index contributed by atoms with van der Waals surface area (Å²) in [4.78, 5) is 32.3. The van der Waals surface area contributed by atoms with Crippen LogP contribution >= 0.6 is 11.6 Å². The van der Waals surface area contributed by atoms with Gasteiger partial charge in [-0.25, -0.2) is 4.79 Å². The van der Waals surface area contributed by atoms with Crippen molar-refractivity contribution in [2.45, 2.75) is 71.4 Å². The van der Waals surface area contributed by atoms with Crippen molar-refractivity contribution in [1.82, 2.24) is 4.90 Å². The normalized spacial score (nSPS) is 21.6. The van der Waals surface area contributed by atoms with Crippen LogP contribution < -0.4 is 0 Å². The average molecular weight is 509 g/mol. The van der Waals surface area contributed by atoms with E-state index in [1.807, 2.05) is 24.3 Å². The number of benzene rings is 2. The van der Waals surface area contributed by atoms with Gasteiger partial charge in [0.25, 0.3) is 5.91 Å². The first-order valence-corrected chi connectivity index (χ1v) is 13.4. The Labute approximate surface area is 219 Å². The van der Waals surface area contributed by atoms with E-state index in [1.165, 1.54) is 0 Å². The lowest BCUT2D eigenvalue weighted by Crippen LogP contribution is -2.49. The van der Waals surface area contributed by atoms with Crippen molar-refractivity contribution < 1.29 is 14.7 Å². The summed E-state index contributed by atoms with van der Waals surface area (Å²) in [6.07, 6.45) is 6.20. The summed E-state index contributed by atoms with van der Waals surface area (Å²) in [6, 6.07) is 14.4. The third-order valence-electron chi connectivity index (χ3n) is 7.94. The number of rotatable bonds is 7. The SMILES string of the molecule is C/N=C(\C(=O)N(C1CCC(C(C)(C)C)CC1)C(c1ccc(C(=O)O)cc1)C1CC1)c1cccc(Cl)c1. The first-order chi connectivity index (χ1) is 17.1. The Hall–Kier alpha value is -2.66. The van der Waals surface area contributed by atoms with Crippen LogP contribution in [-0.2, 0) is 4.79 Å². The van der Waals surface area contributed by atoms with E-state index in [9.17, 15) is 14.7 Å². The number of aliphatic imine (C=N–C) groups is 1. The second-order valence-electron chi connectivity index (χ2n) is 11.4. The molecule has 0 radical (unpaired) electrons. The Morgan fingerprint density at radius 3 is 2.11 bits per heavy atom. The van der Waals surface area contributed by atoms with E-state index in [1.54, 1.807) is 31.3 Å². The lowest BCUT2D eigenvalue weighted by molar-refractivity contribution is -0.131. The number of amides is 1.